The van der Waals surface area contributed by atoms with Crippen LogP contribution in [0.3, 0.4) is 0 Å². The molecule has 2 aromatic carbocycles. The number of halogens is 2. The summed E-state index contributed by atoms with van der Waals surface area (Å²) in [5, 5.41) is 11.6. The molecule has 1 amide bonds. The largest absolute Gasteiger partial charge is 0.493 e. The van der Waals surface area contributed by atoms with E-state index in [1.54, 1.807) is 6.07 Å². The molecule has 1 heterocycles. The second kappa shape index (κ2) is 9.19. The van der Waals surface area contributed by atoms with Gasteiger partial charge in [-0.3, -0.25) is 9.59 Å². The van der Waals surface area contributed by atoms with Gasteiger partial charge in [-0.25, -0.2) is 0 Å². The summed E-state index contributed by atoms with van der Waals surface area (Å²) in [6.45, 7) is 8.23. The summed E-state index contributed by atoms with van der Waals surface area (Å²) < 4.78 is 6.02. The standard InChI is InChI=1S/C24H27Cl2NO4/c1-14(2)17-7-6-15(3)12-20(17)31-11-5-10-27-22-18(8-9-19(25)21(22)26)24(30,23(27)29)13-16(4)28/h6-9,12,14,30H,5,10-11,13H2,1-4H3. The Hall–Kier alpha value is -2.08. The van der Waals surface area contributed by atoms with Crippen molar-refractivity contribution in [2.24, 2.45) is 0 Å². The minimum Gasteiger partial charge on any atom is -0.493 e. The number of hydrogen-bond acceptors (Lipinski definition) is 4. The molecular weight excluding hydrogens is 437 g/mol. The van der Waals surface area contributed by atoms with Crippen molar-refractivity contribution in [3.8, 4) is 5.75 Å². The Morgan fingerprint density at radius 3 is 2.58 bits per heavy atom. The highest BCUT2D eigenvalue weighted by atomic mass is 35.5. The maximum Gasteiger partial charge on any atom is 0.264 e. The van der Waals surface area contributed by atoms with Crippen molar-refractivity contribution in [1.29, 1.82) is 0 Å². The van der Waals surface area contributed by atoms with E-state index in [2.05, 4.69) is 26.0 Å². The number of fused-ring (bicyclic) bond motifs is 1. The van der Waals surface area contributed by atoms with Crippen LogP contribution in [0.4, 0.5) is 5.69 Å². The molecule has 1 atom stereocenters. The van der Waals surface area contributed by atoms with Crippen molar-refractivity contribution in [3.63, 3.8) is 0 Å². The molecular formula is C24H27Cl2NO4. The lowest BCUT2D eigenvalue weighted by molar-refractivity contribution is -0.141. The number of carbonyl (C=O) groups excluding carboxylic acids is 2. The zero-order valence-electron chi connectivity index (χ0n) is 18.2. The van der Waals surface area contributed by atoms with Crippen molar-refractivity contribution in [2.45, 2.75) is 52.1 Å². The van der Waals surface area contributed by atoms with Crippen LogP contribution in [0.1, 0.15) is 56.2 Å². The molecule has 0 aromatic heterocycles. The Morgan fingerprint density at radius 1 is 1.23 bits per heavy atom. The van der Waals surface area contributed by atoms with Gasteiger partial charge in [-0.15, -0.1) is 0 Å². The quantitative estimate of drug-likeness (QED) is 0.531. The van der Waals surface area contributed by atoms with E-state index in [9.17, 15) is 14.7 Å². The number of carbonyl (C=O) groups is 2. The van der Waals surface area contributed by atoms with Gasteiger partial charge in [0.15, 0.2) is 5.60 Å². The molecule has 0 radical (unpaired) electrons. The Balaban J connectivity index is 1.79. The van der Waals surface area contributed by atoms with Gasteiger partial charge in [-0.2, -0.15) is 0 Å². The van der Waals surface area contributed by atoms with Gasteiger partial charge in [0.1, 0.15) is 11.5 Å². The van der Waals surface area contributed by atoms with E-state index in [1.807, 2.05) is 13.0 Å². The first kappa shape index (κ1) is 23.6. The summed E-state index contributed by atoms with van der Waals surface area (Å²) in [5.74, 6) is 0.293. The van der Waals surface area contributed by atoms with Gasteiger partial charge in [0.25, 0.3) is 5.91 Å². The molecule has 2 aromatic rings. The predicted molar refractivity (Wildman–Crippen MR) is 123 cm³/mol. The van der Waals surface area contributed by atoms with Crippen LogP contribution in [0.25, 0.3) is 0 Å². The number of hydrogen-bond donors (Lipinski definition) is 1. The third-order valence-corrected chi connectivity index (χ3v) is 6.26. The summed E-state index contributed by atoms with van der Waals surface area (Å²) in [6.07, 6.45) is 0.195. The molecule has 0 saturated heterocycles. The molecule has 1 aliphatic rings. The summed E-state index contributed by atoms with van der Waals surface area (Å²) >= 11 is 12.6. The topological polar surface area (TPSA) is 66.8 Å². The number of rotatable bonds is 8. The molecule has 1 aliphatic heterocycles. The smallest absolute Gasteiger partial charge is 0.264 e. The van der Waals surface area contributed by atoms with Gasteiger partial charge in [0, 0.05) is 18.5 Å². The lowest BCUT2D eigenvalue weighted by atomic mass is 9.90. The number of anilines is 1. The molecule has 0 bridgehead atoms. The maximum absolute atomic E-state index is 13.1. The van der Waals surface area contributed by atoms with Gasteiger partial charge < -0.3 is 14.7 Å². The second-order valence-electron chi connectivity index (χ2n) is 8.35. The van der Waals surface area contributed by atoms with Crippen LogP contribution in [0.15, 0.2) is 30.3 Å². The second-order valence-corrected chi connectivity index (χ2v) is 9.14. The first-order chi connectivity index (χ1) is 14.6. The van der Waals surface area contributed by atoms with Crippen LogP contribution in [-0.2, 0) is 15.2 Å². The minimum atomic E-state index is -1.93. The molecule has 0 aliphatic carbocycles. The van der Waals surface area contributed by atoms with Crippen LogP contribution < -0.4 is 9.64 Å². The van der Waals surface area contributed by atoms with E-state index in [1.165, 1.54) is 17.9 Å². The van der Waals surface area contributed by atoms with E-state index in [4.69, 9.17) is 27.9 Å². The zero-order valence-corrected chi connectivity index (χ0v) is 19.7. The first-order valence-electron chi connectivity index (χ1n) is 10.3. The van der Waals surface area contributed by atoms with E-state index in [0.29, 0.717) is 30.2 Å². The number of Topliss-reactive ketones (excluding diaryl/α,β-unsaturated/α-hetero) is 1. The molecule has 5 nitrogen and oxygen atoms in total. The summed E-state index contributed by atoms with van der Waals surface area (Å²) in [4.78, 5) is 26.3. The molecule has 1 N–H and O–H groups in total. The number of ketones is 1. The van der Waals surface area contributed by atoms with E-state index in [0.717, 1.165) is 16.9 Å². The number of nitrogens with zero attached hydrogens (tertiary/aromatic N) is 1. The molecule has 0 spiro atoms. The highest BCUT2D eigenvalue weighted by Crippen LogP contribution is 2.48. The number of aliphatic hydroxyl groups is 1. The molecule has 7 heteroatoms. The van der Waals surface area contributed by atoms with Crippen molar-refractivity contribution >= 4 is 40.6 Å². The molecule has 31 heavy (non-hydrogen) atoms. The van der Waals surface area contributed by atoms with Gasteiger partial charge in [0.2, 0.25) is 0 Å². The molecule has 166 valence electrons. The van der Waals surface area contributed by atoms with E-state index < -0.39 is 11.5 Å². The molecule has 1 unspecified atom stereocenters. The van der Waals surface area contributed by atoms with Crippen molar-refractivity contribution < 1.29 is 19.4 Å². The van der Waals surface area contributed by atoms with Crippen molar-refractivity contribution in [1.82, 2.24) is 0 Å². The fourth-order valence-electron chi connectivity index (χ4n) is 3.97. The Bertz CT molecular complexity index is 1020. The number of benzene rings is 2. The molecule has 0 fully saturated rings. The third-order valence-electron chi connectivity index (χ3n) is 5.46. The number of ether oxygens (including phenoxy) is 1. The van der Waals surface area contributed by atoms with Gasteiger partial charge in [-0.05, 0) is 49.4 Å². The number of amides is 1. The predicted octanol–water partition coefficient (Wildman–Crippen LogP) is 5.41. The van der Waals surface area contributed by atoms with Crippen LogP contribution >= 0.6 is 23.2 Å². The Labute approximate surface area is 192 Å². The normalized spacial score (nSPS) is 17.9. The van der Waals surface area contributed by atoms with E-state index >= 15 is 0 Å². The maximum atomic E-state index is 13.1. The lowest BCUT2D eigenvalue weighted by Gasteiger charge is -2.22. The van der Waals surface area contributed by atoms with Crippen molar-refractivity contribution in [2.75, 3.05) is 18.1 Å². The summed E-state index contributed by atoms with van der Waals surface area (Å²) in [7, 11) is 0. The zero-order chi connectivity index (χ0) is 22.9. The van der Waals surface area contributed by atoms with Crippen LogP contribution in [-0.4, -0.2) is 29.9 Å². The highest BCUT2D eigenvalue weighted by Gasteiger charge is 2.51. The average molecular weight is 464 g/mol. The Morgan fingerprint density at radius 2 is 1.94 bits per heavy atom. The Kier molecular flexibility index (Phi) is 6.99. The van der Waals surface area contributed by atoms with Crippen LogP contribution in [0.5, 0.6) is 5.75 Å². The highest BCUT2D eigenvalue weighted by molar-refractivity contribution is 6.44. The summed E-state index contributed by atoms with van der Waals surface area (Å²) in [5.41, 5.74) is 0.972. The number of aryl methyl sites for hydroxylation is 1. The fourth-order valence-corrected chi connectivity index (χ4v) is 4.39. The first-order valence-corrected chi connectivity index (χ1v) is 11.1. The third kappa shape index (κ3) is 4.59. The van der Waals surface area contributed by atoms with Crippen LogP contribution in [0, 0.1) is 6.92 Å². The van der Waals surface area contributed by atoms with E-state index in [-0.39, 0.29) is 28.8 Å². The average Bonchev–Trinajstić information content (AvgIpc) is 2.89. The lowest BCUT2D eigenvalue weighted by Crippen LogP contribution is -2.42. The SMILES string of the molecule is CC(=O)CC1(O)C(=O)N(CCCOc2cc(C)ccc2C(C)C)c2c1ccc(Cl)c2Cl. The monoisotopic (exact) mass is 463 g/mol. The fraction of sp³-hybridized carbons (Fsp3) is 0.417. The van der Waals surface area contributed by atoms with Gasteiger partial charge in [0.05, 0.1) is 22.3 Å². The minimum absolute atomic E-state index is 0.189. The van der Waals surface area contributed by atoms with Crippen molar-refractivity contribution in [3.05, 3.63) is 57.1 Å². The van der Waals surface area contributed by atoms with Gasteiger partial charge in [-0.1, -0.05) is 55.2 Å². The summed E-state index contributed by atoms with van der Waals surface area (Å²) in [6, 6.07) is 9.22. The molecule has 0 saturated carbocycles. The molecule has 3 rings (SSSR count). The van der Waals surface area contributed by atoms with Crippen LogP contribution in [0.2, 0.25) is 10.0 Å². The van der Waals surface area contributed by atoms with Gasteiger partial charge >= 0.3 is 0 Å².